The van der Waals surface area contributed by atoms with Gasteiger partial charge in [-0.3, -0.25) is 9.59 Å². The second kappa shape index (κ2) is 10.2. The number of nitrogens with zero attached hydrogens (tertiary/aromatic N) is 5. The van der Waals surface area contributed by atoms with Gasteiger partial charge in [0.15, 0.2) is 5.65 Å². The maximum atomic E-state index is 13.1. The number of aromatic nitrogens is 4. The Morgan fingerprint density at radius 2 is 1.89 bits per heavy atom. The van der Waals surface area contributed by atoms with Crippen molar-refractivity contribution in [2.75, 3.05) is 18.8 Å². The van der Waals surface area contributed by atoms with Crippen molar-refractivity contribution < 1.29 is 14.0 Å². The number of benzene rings is 2. The molecule has 1 atom stereocenters. The molecule has 1 aliphatic rings. The zero-order valence-corrected chi connectivity index (χ0v) is 20.1. The van der Waals surface area contributed by atoms with E-state index in [4.69, 9.17) is 10.8 Å². The Balaban J connectivity index is 1.39. The van der Waals surface area contributed by atoms with Gasteiger partial charge in [-0.15, -0.1) is 0 Å². The van der Waals surface area contributed by atoms with E-state index in [-0.39, 0.29) is 23.7 Å². The first kappa shape index (κ1) is 24.1. The Bertz CT molecular complexity index is 1460. The largest absolute Gasteiger partial charge is 0.383 e. The summed E-state index contributed by atoms with van der Waals surface area (Å²) >= 11 is 0. The van der Waals surface area contributed by atoms with Crippen LogP contribution in [0.1, 0.15) is 34.8 Å². The molecule has 0 aliphatic carbocycles. The molecule has 4 aromatic rings. The van der Waals surface area contributed by atoms with Gasteiger partial charge in [0.25, 0.3) is 5.91 Å². The summed E-state index contributed by atoms with van der Waals surface area (Å²) in [6.07, 6.45) is 4.45. The number of anilines is 1. The van der Waals surface area contributed by atoms with Gasteiger partial charge in [-0.2, -0.15) is 5.10 Å². The van der Waals surface area contributed by atoms with E-state index >= 15 is 0 Å². The van der Waals surface area contributed by atoms with Crippen molar-refractivity contribution in [3.63, 3.8) is 0 Å². The first-order valence-electron chi connectivity index (χ1n) is 12.0. The minimum absolute atomic E-state index is 0.0517. The van der Waals surface area contributed by atoms with Crippen LogP contribution in [-0.2, 0) is 11.3 Å². The summed E-state index contributed by atoms with van der Waals surface area (Å²) in [5, 5.41) is 8.38. The number of rotatable bonds is 6. The number of likely N-dealkylation sites (tertiary alicyclic amines) is 1. The molecule has 3 heterocycles. The lowest BCUT2D eigenvalue weighted by Gasteiger charge is -2.32. The highest BCUT2D eigenvalue weighted by molar-refractivity contribution is 5.98. The molecule has 1 fully saturated rings. The molecule has 0 spiro atoms. The molecule has 3 N–H and O–H groups in total. The lowest BCUT2D eigenvalue weighted by Crippen LogP contribution is -2.40. The van der Waals surface area contributed by atoms with Crippen LogP contribution in [0.25, 0.3) is 22.3 Å². The summed E-state index contributed by atoms with van der Waals surface area (Å²) < 4.78 is 14.9. The van der Waals surface area contributed by atoms with Gasteiger partial charge in [0.05, 0.1) is 11.4 Å². The quantitative estimate of drug-likeness (QED) is 0.392. The minimum atomic E-state index is -0.390. The number of nitrogens with two attached hydrogens (primary N) is 1. The van der Waals surface area contributed by atoms with Crippen molar-refractivity contribution in [1.82, 2.24) is 30.0 Å². The standard InChI is InChI=1S/C27H26FN7O2/c1-2-22(36)34-13-3-4-21(15-34)35-26-23(25(29)31-16-32-26)24(33-35)18-7-5-17(6-8-18)14-30-27(37)19-9-11-20(28)12-10-19/h2,5-12,16,21H,1,3-4,13-15H2,(H,30,37)(H2,29,31,32). The predicted octanol–water partition coefficient (Wildman–Crippen LogP) is 3.49. The predicted molar refractivity (Wildman–Crippen MR) is 138 cm³/mol. The Labute approximate surface area is 212 Å². The molecule has 10 heteroatoms. The molecule has 1 aliphatic heterocycles. The van der Waals surface area contributed by atoms with Crippen molar-refractivity contribution in [2.24, 2.45) is 0 Å². The Kier molecular flexibility index (Phi) is 6.63. The number of halogens is 1. The van der Waals surface area contributed by atoms with Crippen LogP contribution in [0, 0.1) is 5.82 Å². The van der Waals surface area contributed by atoms with E-state index in [1.165, 1.54) is 36.7 Å². The number of piperidine rings is 1. The van der Waals surface area contributed by atoms with Crippen molar-refractivity contribution in [1.29, 1.82) is 0 Å². The number of nitrogens with one attached hydrogen (secondary N) is 1. The molecule has 0 radical (unpaired) electrons. The molecule has 37 heavy (non-hydrogen) atoms. The number of fused-ring (bicyclic) bond motifs is 1. The van der Waals surface area contributed by atoms with Gasteiger partial charge in [-0.1, -0.05) is 30.8 Å². The van der Waals surface area contributed by atoms with Gasteiger partial charge in [-0.25, -0.2) is 19.0 Å². The average Bonchev–Trinajstić information content (AvgIpc) is 3.33. The van der Waals surface area contributed by atoms with Crippen molar-refractivity contribution in [2.45, 2.75) is 25.4 Å². The normalized spacial score (nSPS) is 15.5. The number of nitrogen functional groups attached to an aromatic ring is 1. The monoisotopic (exact) mass is 499 g/mol. The summed E-state index contributed by atoms with van der Waals surface area (Å²) in [5.74, 6) is -0.441. The van der Waals surface area contributed by atoms with E-state index in [0.29, 0.717) is 47.7 Å². The first-order valence-corrected chi connectivity index (χ1v) is 12.0. The number of hydrogen-bond acceptors (Lipinski definition) is 6. The molecule has 0 saturated carbocycles. The highest BCUT2D eigenvalue weighted by atomic mass is 19.1. The molecule has 2 aromatic heterocycles. The molecular formula is C27H26FN7O2. The van der Waals surface area contributed by atoms with Crippen molar-refractivity contribution in [3.8, 4) is 11.3 Å². The molecule has 188 valence electrons. The third kappa shape index (κ3) is 4.90. The van der Waals surface area contributed by atoms with E-state index < -0.39 is 0 Å². The van der Waals surface area contributed by atoms with Crippen molar-refractivity contribution in [3.05, 3.63) is 84.5 Å². The fraction of sp³-hybridized carbons (Fsp3) is 0.222. The topological polar surface area (TPSA) is 119 Å². The fourth-order valence-electron chi connectivity index (χ4n) is 4.60. The molecule has 9 nitrogen and oxygen atoms in total. The number of carbonyl (C=O) groups excluding carboxylic acids is 2. The number of carbonyl (C=O) groups is 2. The van der Waals surface area contributed by atoms with Crippen LogP contribution in [0.15, 0.2) is 67.5 Å². The number of amides is 2. The van der Waals surface area contributed by atoms with Crippen LogP contribution < -0.4 is 11.1 Å². The van der Waals surface area contributed by atoms with Gasteiger partial charge in [-0.05, 0) is 48.7 Å². The third-order valence-electron chi connectivity index (χ3n) is 6.53. The minimum Gasteiger partial charge on any atom is -0.383 e. The maximum Gasteiger partial charge on any atom is 0.251 e. The van der Waals surface area contributed by atoms with Crippen molar-refractivity contribution >= 4 is 28.7 Å². The maximum absolute atomic E-state index is 13.1. The molecule has 2 amide bonds. The second-order valence-corrected chi connectivity index (χ2v) is 8.92. The van der Waals surface area contributed by atoms with Gasteiger partial charge >= 0.3 is 0 Å². The lowest BCUT2D eigenvalue weighted by atomic mass is 10.1. The smallest absolute Gasteiger partial charge is 0.251 e. The van der Waals surface area contributed by atoms with E-state index in [0.717, 1.165) is 24.0 Å². The average molecular weight is 500 g/mol. The fourth-order valence-corrected chi connectivity index (χ4v) is 4.60. The van der Waals surface area contributed by atoms with Gasteiger partial charge in [0, 0.05) is 30.8 Å². The SMILES string of the molecule is C=CC(=O)N1CCCC(n2nc(-c3ccc(CNC(=O)c4ccc(F)cc4)cc3)c3c(N)ncnc32)C1. The molecule has 2 aromatic carbocycles. The van der Waals surface area contributed by atoms with E-state index in [1.807, 2.05) is 28.9 Å². The molecular weight excluding hydrogens is 473 g/mol. The Morgan fingerprint density at radius 1 is 1.14 bits per heavy atom. The molecule has 1 unspecified atom stereocenters. The summed E-state index contributed by atoms with van der Waals surface area (Å²) in [6.45, 7) is 5.11. The van der Waals surface area contributed by atoms with E-state index in [9.17, 15) is 14.0 Å². The summed E-state index contributed by atoms with van der Waals surface area (Å²) in [7, 11) is 0. The highest BCUT2D eigenvalue weighted by Crippen LogP contribution is 2.33. The van der Waals surface area contributed by atoms with Crippen LogP contribution in [0.3, 0.4) is 0 Å². The zero-order valence-electron chi connectivity index (χ0n) is 20.1. The van der Waals surface area contributed by atoms with E-state index in [2.05, 4.69) is 21.9 Å². The highest BCUT2D eigenvalue weighted by Gasteiger charge is 2.28. The Morgan fingerprint density at radius 3 is 2.62 bits per heavy atom. The van der Waals surface area contributed by atoms with Gasteiger partial charge < -0.3 is 16.0 Å². The second-order valence-electron chi connectivity index (χ2n) is 8.92. The van der Waals surface area contributed by atoms with Crippen LogP contribution in [0.5, 0.6) is 0 Å². The third-order valence-corrected chi connectivity index (χ3v) is 6.53. The number of hydrogen-bond donors (Lipinski definition) is 2. The van der Waals surface area contributed by atoms with E-state index in [1.54, 1.807) is 4.90 Å². The molecule has 5 rings (SSSR count). The molecule has 1 saturated heterocycles. The van der Waals surface area contributed by atoms with Crippen LogP contribution >= 0.6 is 0 Å². The molecule has 0 bridgehead atoms. The summed E-state index contributed by atoms with van der Waals surface area (Å²) in [4.78, 5) is 35.0. The Hall–Kier alpha value is -4.60. The van der Waals surface area contributed by atoms with Crippen LogP contribution in [-0.4, -0.2) is 49.6 Å². The lowest BCUT2D eigenvalue weighted by molar-refractivity contribution is -0.127. The summed E-state index contributed by atoms with van der Waals surface area (Å²) in [5.41, 5.74) is 9.64. The van der Waals surface area contributed by atoms with Crippen LogP contribution in [0.4, 0.5) is 10.2 Å². The zero-order chi connectivity index (χ0) is 25.9. The van der Waals surface area contributed by atoms with Gasteiger partial charge in [0.2, 0.25) is 5.91 Å². The van der Waals surface area contributed by atoms with Gasteiger partial charge in [0.1, 0.15) is 23.7 Å². The summed E-state index contributed by atoms with van der Waals surface area (Å²) in [6, 6.07) is 13.0. The first-order chi connectivity index (χ1) is 17.9. The van der Waals surface area contributed by atoms with Crippen LogP contribution in [0.2, 0.25) is 0 Å².